The first-order valence-electron chi connectivity index (χ1n) is 6.15. The van der Waals surface area contributed by atoms with Gasteiger partial charge in [-0.2, -0.15) is 0 Å². The lowest BCUT2D eigenvalue weighted by Gasteiger charge is -2.19. The number of hydrogen-bond donors (Lipinski definition) is 1. The lowest BCUT2D eigenvalue weighted by molar-refractivity contribution is 0.0983. The zero-order chi connectivity index (χ0) is 14.6. The Labute approximate surface area is 118 Å². The van der Waals surface area contributed by atoms with Gasteiger partial charge in [-0.25, -0.2) is 0 Å². The van der Waals surface area contributed by atoms with Gasteiger partial charge in [0.05, 0.1) is 19.2 Å². The van der Waals surface area contributed by atoms with Crippen molar-refractivity contribution in [2.24, 2.45) is 5.73 Å². The molecule has 0 unspecified atom stereocenters. The molecule has 0 atom stereocenters. The number of methoxy groups -OCH3 is 2. The topological polar surface area (TPSA) is 61.5 Å². The third kappa shape index (κ3) is 3.19. The first-order valence-corrected chi connectivity index (χ1v) is 6.53. The summed E-state index contributed by atoms with van der Waals surface area (Å²) in [4.78, 5) is 12.2. The molecule has 0 aliphatic heterocycles. The minimum atomic E-state index is -0.0333. The number of hydrogen-bond acceptors (Lipinski definition) is 4. The van der Waals surface area contributed by atoms with Crippen LogP contribution < -0.4 is 15.2 Å². The summed E-state index contributed by atoms with van der Waals surface area (Å²) in [6, 6.07) is 1.68. The summed E-state index contributed by atoms with van der Waals surface area (Å²) in [7, 11) is 3.04. The minimum absolute atomic E-state index is 0.0333. The van der Waals surface area contributed by atoms with Crippen molar-refractivity contribution in [2.45, 2.75) is 26.2 Å². The van der Waals surface area contributed by atoms with Crippen molar-refractivity contribution < 1.29 is 14.3 Å². The van der Waals surface area contributed by atoms with Crippen molar-refractivity contribution >= 4 is 17.4 Å². The fourth-order valence-corrected chi connectivity index (χ4v) is 2.52. The van der Waals surface area contributed by atoms with Crippen LogP contribution in [-0.2, 0) is 0 Å². The van der Waals surface area contributed by atoms with Gasteiger partial charge in [0.25, 0.3) is 0 Å². The van der Waals surface area contributed by atoms with Crippen molar-refractivity contribution in [3.8, 4) is 11.5 Å². The molecule has 1 aromatic rings. The Hall–Kier alpha value is -1.26. The van der Waals surface area contributed by atoms with Crippen LogP contribution in [0.25, 0.3) is 0 Å². The zero-order valence-electron chi connectivity index (χ0n) is 11.7. The number of Topliss-reactive ketones (excluding diaryl/α,β-unsaturated/α-hetero) is 1. The largest absolute Gasteiger partial charge is 0.493 e. The molecule has 2 N–H and O–H groups in total. The maximum Gasteiger partial charge on any atom is 0.179 e. The van der Waals surface area contributed by atoms with Gasteiger partial charge in [0.2, 0.25) is 0 Å². The fraction of sp³-hybridized carbons (Fsp3) is 0.500. The molecule has 1 rings (SSSR count). The second-order valence-corrected chi connectivity index (χ2v) is 4.88. The van der Waals surface area contributed by atoms with Gasteiger partial charge in [-0.05, 0) is 24.1 Å². The number of halogens is 1. The van der Waals surface area contributed by atoms with E-state index in [1.807, 2.05) is 13.8 Å². The van der Waals surface area contributed by atoms with E-state index in [4.69, 9.17) is 26.8 Å². The fourth-order valence-electron chi connectivity index (χ4n) is 2.03. The van der Waals surface area contributed by atoms with Gasteiger partial charge in [0, 0.05) is 12.0 Å². The second-order valence-electron chi connectivity index (χ2n) is 4.50. The normalized spacial score (nSPS) is 10.7. The Morgan fingerprint density at radius 3 is 2.42 bits per heavy atom. The van der Waals surface area contributed by atoms with Crippen molar-refractivity contribution in [3.63, 3.8) is 0 Å². The molecule has 19 heavy (non-hydrogen) atoms. The maximum absolute atomic E-state index is 12.2. The van der Waals surface area contributed by atoms with E-state index in [-0.39, 0.29) is 18.1 Å². The van der Waals surface area contributed by atoms with Gasteiger partial charge in [-0.15, -0.1) is 0 Å². The number of nitrogens with two attached hydrogens (primary N) is 1. The van der Waals surface area contributed by atoms with Crippen LogP contribution in [0.5, 0.6) is 11.5 Å². The minimum Gasteiger partial charge on any atom is -0.493 e. The van der Waals surface area contributed by atoms with Crippen LogP contribution in [0, 0.1) is 0 Å². The smallest absolute Gasteiger partial charge is 0.179 e. The molecule has 0 saturated heterocycles. The zero-order valence-corrected chi connectivity index (χ0v) is 12.5. The number of carbonyl (C=O) groups is 1. The van der Waals surface area contributed by atoms with Gasteiger partial charge >= 0.3 is 0 Å². The Morgan fingerprint density at radius 2 is 2.00 bits per heavy atom. The van der Waals surface area contributed by atoms with Gasteiger partial charge in [0.1, 0.15) is 0 Å². The van der Waals surface area contributed by atoms with Crippen molar-refractivity contribution in [2.75, 3.05) is 20.8 Å². The van der Waals surface area contributed by atoms with E-state index in [2.05, 4.69) is 0 Å². The van der Waals surface area contributed by atoms with E-state index in [1.165, 1.54) is 14.2 Å². The predicted octanol–water partition coefficient (Wildman–Crippen LogP) is 3.01. The predicted molar refractivity (Wildman–Crippen MR) is 76.6 cm³/mol. The Bertz CT molecular complexity index is 472. The molecule has 0 saturated carbocycles. The summed E-state index contributed by atoms with van der Waals surface area (Å²) in [5.41, 5.74) is 6.78. The van der Waals surface area contributed by atoms with E-state index in [1.54, 1.807) is 6.07 Å². The molecule has 106 valence electrons. The van der Waals surface area contributed by atoms with Crippen LogP contribution in [0.3, 0.4) is 0 Å². The summed E-state index contributed by atoms with van der Waals surface area (Å²) in [6.45, 7) is 4.26. The summed E-state index contributed by atoms with van der Waals surface area (Å²) in [6.07, 6.45) is 0.283. The van der Waals surface area contributed by atoms with Gasteiger partial charge in [0.15, 0.2) is 17.3 Å². The lowest BCUT2D eigenvalue weighted by Crippen LogP contribution is -2.12. The highest BCUT2D eigenvalue weighted by Gasteiger charge is 2.23. The van der Waals surface area contributed by atoms with Crippen LogP contribution in [-0.4, -0.2) is 26.5 Å². The molecule has 0 spiro atoms. The van der Waals surface area contributed by atoms with E-state index >= 15 is 0 Å². The van der Waals surface area contributed by atoms with Gasteiger partial charge in [-0.3, -0.25) is 4.79 Å². The molecule has 0 fully saturated rings. The SMILES string of the molecule is COc1cc(C(=O)CCN)c(C(C)C)c(Cl)c1OC. The standard InChI is InChI=1S/C14H20ClNO3/c1-8(2)12-9(10(17)5-6-16)7-11(18-3)14(19-4)13(12)15/h7-8H,5-6,16H2,1-4H3. The van der Waals surface area contributed by atoms with E-state index in [9.17, 15) is 4.79 Å². The molecule has 0 aliphatic carbocycles. The number of ketones is 1. The van der Waals surface area contributed by atoms with Crippen LogP contribution >= 0.6 is 11.6 Å². The highest BCUT2D eigenvalue weighted by molar-refractivity contribution is 6.33. The van der Waals surface area contributed by atoms with Gasteiger partial charge < -0.3 is 15.2 Å². The maximum atomic E-state index is 12.2. The van der Waals surface area contributed by atoms with Crippen LogP contribution in [0.1, 0.15) is 42.1 Å². The monoisotopic (exact) mass is 285 g/mol. The summed E-state index contributed by atoms with van der Waals surface area (Å²) < 4.78 is 10.5. The highest BCUT2D eigenvalue weighted by atomic mass is 35.5. The summed E-state index contributed by atoms with van der Waals surface area (Å²) >= 11 is 6.35. The molecule has 0 aromatic heterocycles. The molecular formula is C14H20ClNO3. The molecular weight excluding hydrogens is 266 g/mol. The number of benzene rings is 1. The molecule has 0 radical (unpaired) electrons. The van der Waals surface area contributed by atoms with E-state index < -0.39 is 0 Å². The highest BCUT2D eigenvalue weighted by Crippen LogP contribution is 2.42. The number of ether oxygens (including phenoxy) is 2. The quantitative estimate of drug-likeness (QED) is 0.816. The molecule has 4 nitrogen and oxygen atoms in total. The third-order valence-electron chi connectivity index (χ3n) is 2.90. The van der Waals surface area contributed by atoms with Crippen LogP contribution in [0.4, 0.5) is 0 Å². The summed E-state index contributed by atoms with van der Waals surface area (Å²) in [5, 5.41) is 0.428. The first-order chi connectivity index (χ1) is 8.97. The molecule has 0 amide bonds. The summed E-state index contributed by atoms with van der Waals surface area (Å²) in [5.74, 6) is 0.979. The third-order valence-corrected chi connectivity index (χ3v) is 3.27. The number of rotatable bonds is 6. The first kappa shape index (κ1) is 15.8. The van der Waals surface area contributed by atoms with E-state index in [0.29, 0.717) is 28.6 Å². The van der Waals surface area contributed by atoms with Crippen molar-refractivity contribution in [1.82, 2.24) is 0 Å². The van der Waals surface area contributed by atoms with Crippen LogP contribution in [0.15, 0.2) is 6.07 Å². The second kappa shape index (κ2) is 6.78. The van der Waals surface area contributed by atoms with E-state index in [0.717, 1.165) is 5.56 Å². The molecule has 1 aromatic carbocycles. The molecule has 0 bridgehead atoms. The molecule has 0 heterocycles. The molecule has 0 aliphatic rings. The average molecular weight is 286 g/mol. The van der Waals surface area contributed by atoms with Crippen molar-refractivity contribution in [1.29, 1.82) is 0 Å². The Morgan fingerprint density at radius 1 is 1.37 bits per heavy atom. The van der Waals surface area contributed by atoms with Crippen molar-refractivity contribution in [3.05, 3.63) is 22.2 Å². The average Bonchev–Trinajstić information content (AvgIpc) is 2.37. The van der Waals surface area contributed by atoms with Gasteiger partial charge in [-0.1, -0.05) is 25.4 Å². The van der Waals surface area contributed by atoms with Crippen LogP contribution in [0.2, 0.25) is 5.02 Å². The lowest BCUT2D eigenvalue weighted by atomic mass is 9.92. The Kier molecular flexibility index (Phi) is 5.63. The molecule has 5 heteroatoms. The number of carbonyl (C=O) groups excluding carboxylic acids is 1. The Balaban J connectivity index is 3.52.